The number of aromatic hydroxyl groups is 1. The summed E-state index contributed by atoms with van der Waals surface area (Å²) in [4.78, 5) is 11.2. The third-order valence-corrected chi connectivity index (χ3v) is 2.01. The largest absolute Gasteiger partial charge is 0.506 e. The van der Waals surface area contributed by atoms with Crippen LogP contribution in [0.1, 0.15) is 6.92 Å². The SMILES string of the molecule is C[C@@H](Cl)C(=O)Nc1cc(Cl)ccc1O. The molecule has 76 valence electrons. The molecule has 0 unspecified atom stereocenters. The third-order valence-electron chi connectivity index (χ3n) is 1.58. The Hall–Kier alpha value is -0.930. The summed E-state index contributed by atoms with van der Waals surface area (Å²) < 4.78 is 0. The van der Waals surface area contributed by atoms with Crippen molar-refractivity contribution >= 4 is 34.8 Å². The molecule has 0 aromatic heterocycles. The standard InChI is InChI=1S/C9H9Cl2NO2/c1-5(10)9(14)12-7-4-6(11)2-3-8(7)13/h2-5,13H,1H3,(H,12,14)/t5-/m1/s1. The zero-order valence-electron chi connectivity index (χ0n) is 7.42. The molecule has 14 heavy (non-hydrogen) atoms. The average Bonchev–Trinajstić information content (AvgIpc) is 2.11. The van der Waals surface area contributed by atoms with Crippen molar-refractivity contribution in [2.45, 2.75) is 12.3 Å². The number of carbonyl (C=O) groups is 1. The van der Waals surface area contributed by atoms with E-state index < -0.39 is 5.38 Å². The number of phenols is 1. The second-order valence-corrected chi connectivity index (χ2v) is 3.86. The first-order valence-electron chi connectivity index (χ1n) is 3.94. The molecule has 0 saturated heterocycles. The molecule has 1 rings (SSSR count). The van der Waals surface area contributed by atoms with Crippen molar-refractivity contribution in [3.05, 3.63) is 23.2 Å². The van der Waals surface area contributed by atoms with Gasteiger partial charge in [0, 0.05) is 5.02 Å². The smallest absolute Gasteiger partial charge is 0.242 e. The van der Waals surface area contributed by atoms with Gasteiger partial charge in [0.2, 0.25) is 5.91 Å². The quantitative estimate of drug-likeness (QED) is 0.610. The van der Waals surface area contributed by atoms with Crippen molar-refractivity contribution in [2.75, 3.05) is 5.32 Å². The molecule has 1 amide bonds. The topological polar surface area (TPSA) is 49.3 Å². The highest BCUT2D eigenvalue weighted by molar-refractivity contribution is 6.33. The zero-order chi connectivity index (χ0) is 10.7. The van der Waals surface area contributed by atoms with Crippen LogP contribution >= 0.6 is 23.2 Å². The molecule has 0 fully saturated rings. The summed E-state index contributed by atoms with van der Waals surface area (Å²) in [6.45, 7) is 1.54. The van der Waals surface area contributed by atoms with Crippen LogP contribution in [-0.2, 0) is 4.79 Å². The maximum absolute atomic E-state index is 11.2. The molecule has 1 aromatic rings. The van der Waals surface area contributed by atoms with Gasteiger partial charge in [0.1, 0.15) is 11.1 Å². The van der Waals surface area contributed by atoms with Gasteiger partial charge in [0.25, 0.3) is 0 Å². The highest BCUT2D eigenvalue weighted by atomic mass is 35.5. The fourth-order valence-corrected chi connectivity index (χ4v) is 1.07. The number of hydrogen-bond donors (Lipinski definition) is 2. The maximum Gasteiger partial charge on any atom is 0.242 e. The molecule has 0 aliphatic carbocycles. The van der Waals surface area contributed by atoms with Crippen LogP contribution in [0.4, 0.5) is 5.69 Å². The minimum absolute atomic E-state index is 0.0416. The first kappa shape index (κ1) is 11.1. The van der Waals surface area contributed by atoms with Crippen molar-refractivity contribution in [1.29, 1.82) is 0 Å². The Labute approximate surface area is 91.6 Å². The fraction of sp³-hybridized carbons (Fsp3) is 0.222. The number of amides is 1. The Morgan fingerprint density at radius 2 is 2.21 bits per heavy atom. The number of rotatable bonds is 2. The molecule has 0 aliphatic rings. The van der Waals surface area contributed by atoms with Crippen molar-refractivity contribution in [3.63, 3.8) is 0 Å². The molecule has 0 radical (unpaired) electrons. The molecule has 2 N–H and O–H groups in total. The lowest BCUT2D eigenvalue weighted by molar-refractivity contribution is -0.115. The van der Waals surface area contributed by atoms with E-state index in [1.165, 1.54) is 18.2 Å². The van der Waals surface area contributed by atoms with Gasteiger partial charge in [0.15, 0.2) is 0 Å². The molecule has 0 saturated carbocycles. The first-order valence-corrected chi connectivity index (χ1v) is 4.75. The summed E-state index contributed by atoms with van der Waals surface area (Å²) in [6, 6.07) is 4.38. The van der Waals surface area contributed by atoms with E-state index in [9.17, 15) is 9.90 Å². The summed E-state index contributed by atoms with van der Waals surface area (Å²) in [7, 11) is 0. The molecular formula is C9H9Cl2NO2. The maximum atomic E-state index is 11.2. The Morgan fingerprint density at radius 3 is 2.79 bits per heavy atom. The second-order valence-electron chi connectivity index (χ2n) is 2.77. The van der Waals surface area contributed by atoms with Gasteiger partial charge in [-0.2, -0.15) is 0 Å². The molecule has 5 heteroatoms. The van der Waals surface area contributed by atoms with Crippen LogP contribution in [0.15, 0.2) is 18.2 Å². The second kappa shape index (κ2) is 4.53. The van der Waals surface area contributed by atoms with Gasteiger partial charge in [-0.3, -0.25) is 4.79 Å². The zero-order valence-corrected chi connectivity index (χ0v) is 8.93. The molecule has 0 aliphatic heterocycles. The molecule has 3 nitrogen and oxygen atoms in total. The predicted octanol–water partition coefficient (Wildman–Crippen LogP) is 2.61. The summed E-state index contributed by atoms with van der Waals surface area (Å²) in [5, 5.41) is 11.6. The Bertz CT molecular complexity index is 353. The highest BCUT2D eigenvalue weighted by Gasteiger charge is 2.11. The minimum atomic E-state index is -0.659. The normalized spacial score (nSPS) is 12.2. The number of hydrogen-bond acceptors (Lipinski definition) is 2. The Kier molecular flexibility index (Phi) is 3.61. The van der Waals surface area contributed by atoms with Gasteiger partial charge in [-0.05, 0) is 25.1 Å². The van der Waals surface area contributed by atoms with Gasteiger partial charge in [-0.1, -0.05) is 11.6 Å². The van der Waals surface area contributed by atoms with E-state index in [2.05, 4.69) is 5.32 Å². The number of benzene rings is 1. The summed E-state index contributed by atoms with van der Waals surface area (Å²) in [5.74, 6) is -0.427. The highest BCUT2D eigenvalue weighted by Crippen LogP contribution is 2.26. The lowest BCUT2D eigenvalue weighted by Gasteiger charge is -2.08. The molecule has 1 aromatic carbocycles. The van der Waals surface area contributed by atoms with Crippen molar-refractivity contribution in [2.24, 2.45) is 0 Å². The first-order chi connectivity index (χ1) is 6.50. The number of anilines is 1. The van der Waals surface area contributed by atoms with E-state index in [-0.39, 0.29) is 17.3 Å². The number of nitrogens with one attached hydrogen (secondary N) is 1. The Morgan fingerprint density at radius 1 is 1.57 bits per heavy atom. The molecule has 1 atom stereocenters. The molecular weight excluding hydrogens is 225 g/mol. The van der Waals surface area contributed by atoms with Crippen LogP contribution in [0, 0.1) is 0 Å². The van der Waals surface area contributed by atoms with E-state index in [0.717, 1.165) is 0 Å². The monoisotopic (exact) mass is 233 g/mol. The van der Waals surface area contributed by atoms with Crippen molar-refractivity contribution in [1.82, 2.24) is 0 Å². The van der Waals surface area contributed by atoms with Crippen molar-refractivity contribution in [3.8, 4) is 5.75 Å². The number of alkyl halides is 1. The van der Waals surface area contributed by atoms with Crippen LogP contribution in [0.25, 0.3) is 0 Å². The van der Waals surface area contributed by atoms with E-state index in [1.807, 2.05) is 0 Å². The number of halogens is 2. The summed E-state index contributed by atoms with van der Waals surface area (Å²) in [5.41, 5.74) is 0.259. The van der Waals surface area contributed by atoms with Gasteiger partial charge in [-0.25, -0.2) is 0 Å². The van der Waals surface area contributed by atoms with Crippen LogP contribution in [-0.4, -0.2) is 16.4 Å². The summed E-state index contributed by atoms with van der Waals surface area (Å²) in [6.07, 6.45) is 0. The van der Waals surface area contributed by atoms with Crippen LogP contribution in [0.2, 0.25) is 5.02 Å². The number of carbonyl (C=O) groups excluding carboxylic acids is 1. The van der Waals surface area contributed by atoms with E-state index in [4.69, 9.17) is 23.2 Å². The fourth-order valence-electron chi connectivity index (χ4n) is 0.841. The number of phenolic OH excluding ortho intramolecular Hbond substituents is 1. The van der Waals surface area contributed by atoms with Gasteiger partial charge in [0.05, 0.1) is 5.69 Å². The van der Waals surface area contributed by atoms with Crippen LogP contribution in [0.3, 0.4) is 0 Å². The van der Waals surface area contributed by atoms with Crippen LogP contribution < -0.4 is 5.32 Å². The average molecular weight is 234 g/mol. The molecule has 0 spiro atoms. The van der Waals surface area contributed by atoms with Crippen LogP contribution in [0.5, 0.6) is 5.75 Å². The van der Waals surface area contributed by atoms with E-state index in [1.54, 1.807) is 6.92 Å². The van der Waals surface area contributed by atoms with Gasteiger partial charge < -0.3 is 10.4 Å². The Balaban J connectivity index is 2.86. The predicted molar refractivity (Wildman–Crippen MR) is 57.1 cm³/mol. The van der Waals surface area contributed by atoms with E-state index in [0.29, 0.717) is 5.02 Å². The van der Waals surface area contributed by atoms with Gasteiger partial charge in [-0.15, -0.1) is 11.6 Å². The molecule has 0 bridgehead atoms. The van der Waals surface area contributed by atoms with Crippen molar-refractivity contribution < 1.29 is 9.90 Å². The lowest BCUT2D eigenvalue weighted by atomic mass is 10.3. The third kappa shape index (κ3) is 2.79. The molecule has 0 heterocycles. The minimum Gasteiger partial charge on any atom is -0.506 e. The summed E-state index contributed by atoms with van der Waals surface area (Å²) >= 11 is 11.2. The lowest BCUT2D eigenvalue weighted by Crippen LogP contribution is -2.20. The van der Waals surface area contributed by atoms with Gasteiger partial charge >= 0.3 is 0 Å². The van der Waals surface area contributed by atoms with E-state index >= 15 is 0 Å².